The fourth-order valence-electron chi connectivity index (χ4n) is 3.76. The first-order valence-electron chi connectivity index (χ1n) is 11.2. The van der Waals surface area contributed by atoms with Crippen molar-refractivity contribution in [2.24, 2.45) is 0 Å². The second kappa shape index (κ2) is 10.6. The summed E-state index contributed by atoms with van der Waals surface area (Å²) in [7, 11) is 0. The highest BCUT2D eigenvalue weighted by Gasteiger charge is 2.32. The smallest absolute Gasteiger partial charge is 0.334 e. The molecule has 0 radical (unpaired) electrons. The molecule has 0 saturated carbocycles. The van der Waals surface area contributed by atoms with Gasteiger partial charge in [-0.3, -0.25) is 4.79 Å². The molecule has 1 amide bonds. The highest BCUT2D eigenvalue weighted by Crippen LogP contribution is 2.32. The predicted octanol–water partition coefficient (Wildman–Crippen LogP) is 7.93. The van der Waals surface area contributed by atoms with Crippen LogP contribution in [0.25, 0.3) is 0 Å². The van der Waals surface area contributed by atoms with Crippen LogP contribution in [0.2, 0.25) is 5.02 Å². The Morgan fingerprint density at radius 3 is 2.09 bits per heavy atom. The number of nitrogens with zero attached hydrogens (tertiary/aromatic N) is 1. The van der Waals surface area contributed by atoms with Crippen molar-refractivity contribution in [1.29, 1.82) is 0 Å². The van der Waals surface area contributed by atoms with E-state index in [4.69, 9.17) is 11.6 Å². The van der Waals surface area contributed by atoms with Gasteiger partial charge in [0.1, 0.15) is 0 Å². The molecule has 0 aromatic heterocycles. The minimum absolute atomic E-state index is 0.00148. The molecule has 0 atom stereocenters. The maximum Gasteiger partial charge on any atom is 0.416 e. The Morgan fingerprint density at radius 1 is 0.853 bits per heavy atom. The van der Waals surface area contributed by atoms with E-state index < -0.39 is 17.6 Å². The monoisotopic (exact) mass is 487 g/mol. The van der Waals surface area contributed by atoms with Gasteiger partial charge in [0.2, 0.25) is 0 Å². The molecule has 0 bridgehead atoms. The number of benzene rings is 3. The fraction of sp³-hybridized carbons (Fsp3) is 0.321. The van der Waals surface area contributed by atoms with E-state index >= 15 is 0 Å². The van der Waals surface area contributed by atoms with Crippen molar-refractivity contribution in [3.05, 3.63) is 106 Å². The van der Waals surface area contributed by atoms with Crippen molar-refractivity contribution < 1.29 is 18.0 Å². The SMILES string of the molecule is CC(C)(C)c1ccc(CN(CCCc2ccccc2)C(=O)c2cc(Cl)cc(C(F)(F)F)c2)cc1. The lowest BCUT2D eigenvalue weighted by Gasteiger charge is -2.25. The number of rotatable bonds is 7. The summed E-state index contributed by atoms with van der Waals surface area (Å²) in [6.07, 6.45) is -3.14. The Bertz CT molecular complexity index is 1100. The first kappa shape index (κ1) is 25.8. The van der Waals surface area contributed by atoms with E-state index in [0.717, 1.165) is 29.7 Å². The molecule has 0 aliphatic rings. The van der Waals surface area contributed by atoms with Gasteiger partial charge in [-0.15, -0.1) is 0 Å². The zero-order chi connectivity index (χ0) is 24.9. The van der Waals surface area contributed by atoms with Gasteiger partial charge in [0, 0.05) is 23.7 Å². The van der Waals surface area contributed by atoms with Crippen molar-refractivity contribution in [3.8, 4) is 0 Å². The van der Waals surface area contributed by atoms with Crippen molar-refractivity contribution in [3.63, 3.8) is 0 Å². The quantitative estimate of drug-likeness (QED) is 0.331. The normalized spacial score (nSPS) is 12.0. The van der Waals surface area contributed by atoms with Crippen LogP contribution in [0.1, 0.15) is 59.8 Å². The molecular formula is C28H29ClF3NO. The fourth-order valence-corrected chi connectivity index (χ4v) is 4.00. The van der Waals surface area contributed by atoms with Crippen LogP contribution in [-0.4, -0.2) is 17.4 Å². The molecular weight excluding hydrogens is 459 g/mol. The average molecular weight is 488 g/mol. The van der Waals surface area contributed by atoms with Crippen LogP contribution >= 0.6 is 11.6 Å². The topological polar surface area (TPSA) is 20.3 Å². The molecule has 0 aliphatic carbocycles. The van der Waals surface area contributed by atoms with Crippen molar-refractivity contribution in [1.82, 2.24) is 4.90 Å². The molecule has 0 aliphatic heterocycles. The third-order valence-electron chi connectivity index (χ3n) is 5.69. The molecule has 2 nitrogen and oxygen atoms in total. The summed E-state index contributed by atoms with van der Waals surface area (Å²) in [5.41, 5.74) is 2.24. The van der Waals surface area contributed by atoms with Gasteiger partial charge < -0.3 is 4.90 Å². The molecule has 34 heavy (non-hydrogen) atoms. The zero-order valence-corrected chi connectivity index (χ0v) is 20.4. The van der Waals surface area contributed by atoms with Crippen molar-refractivity contribution in [2.45, 2.75) is 51.7 Å². The molecule has 6 heteroatoms. The lowest BCUT2D eigenvalue weighted by molar-refractivity contribution is -0.137. The molecule has 3 aromatic carbocycles. The van der Waals surface area contributed by atoms with Crippen LogP contribution in [0.15, 0.2) is 72.8 Å². The molecule has 3 aromatic rings. The van der Waals surface area contributed by atoms with Crippen molar-refractivity contribution >= 4 is 17.5 Å². The number of carbonyl (C=O) groups is 1. The Labute approximate surface area is 204 Å². The van der Waals surface area contributed by atoms with E-state index in [2.05, 4.69) is 20.8 Å². The van der Waals surface area contributed by atoms with E-state index in [0.29, 0.717) is 19.5 Å². The summed E-state index contributed by atoms with van der Waals surface area (Å²) in [5.74, 6) is -0.471. The molecule has 3 rings (SSSR count). The van der Waals surface area contributed by atoms with Gasteiger partial charge in [-0.1, -0.05) is 87.0 Å². The van der Waals surface area contributed by atoms with Gasteiger partial charge in [-0.2, -0.15) is 13.2 Å². The third kappa shape index (κ3) is 7.10. The second-order valence-electron chi connectivity index (χ2n) is 9.49. The second-order valence-corrected chi connectivity index (χ2v) is 9.93. The Balaban J connectivity index is 1.84. The maximum atomic E-state index is 13.3. The van der Waals surface area contributed by atoms with Gasteiger partial charge in [-0.05, 0) is 53.1 Å². The Morgan fingerprint density at radius 2 is 1.50 bits per heavy atom. The van der Waals surface area contributed by atoms with Gasteiger partial charge in [-0.25, -0.2) is 0 Å². The van der Waals surface area contributed by atoms with Crippen LogP contribution in [0.4, 0.5) is 13.2 Å². The first-order valence-corrected chi connectivity index (χ1v) is 11.6. The van der Waals surface area contributed by atoms with E-state index in [1.54, 1.807) is 4.90 Å². The van der Waals surface area contributed by atoms with Crippen LogP contribution in [0, 0.1) is 0 Å². The standard InChI is InChI=1S/C28H29ClF3NO/c1-27(2,3)23-13-11-21(12-14-23)19-33(15-7-10-20-8-5-4-6-9-20)26(34)22-16-24(28(30,31)32)18-25(29)17-22/h4-6,8-9,11-14,16-18H,7,10,15,19H2,1-3H3. The minimum atomic E-state index is -4.58. The Hall–Kier alpha value is -2.79. The van der Waals surface area contributed by atoms with Gasteiger partial charge in [0.15, 0.2) is 0 Å². The molecule has 180 valence electrons. The maximum absolute atomic E-state index is 13.3. The number of hydrogen-bond donors (Lipinski definition) is 0. The average Bonchev–Trinajstić information content (AvgIpc) is 2.77. The minimum Gasteiger partial charge on any atom is -0.334 e. The lowest BCUT2D eigenvalue weighted by atomic mass is 9.87. The van der Waals surface area contributed by atoms with Crippen LogP contribution in [-0.2, 0) is 24.6 Å². The van der Waals surface area contributed by atoms with Gasteiger partial charge >= 0.3 is 6.18 Å². The molecule has 0 fully saturated rings. The Kier molecular flexibility index (Phi) is 8.09. The van der Waals surface area contributed by atoms with Crippen molar-refractivity contribution in [2.75, 3.05) is 6.54 Å². The zero-order valence-electron chi connectivity index (χ0n) is 19.6. The highest BCUT2D eigenvalue weighted by atomic mass is 35.5. The van der Waals surface area contributed by atoms with Crippen LogP contribution in [0.3, 0.4) is 0 Å². The number of alkyl halides is 3. The molecule has 0 N–H and O–H groups in total. The summed E-state index contributed by atoms with van der Waals surface area (Å²) in [6.45, 7) is 7.07. The molecule has 0 unspecified atom stereocenters. The number of carbonyl (C=O) groups excluding carboxylic acids is 1. The van der Waals surface area contributed by atoms with E-state index in [1.165, 1.54) is 11.6 Å². The van der Waals surface area contributed by atoms with Gasteiger partial charge in [0.05, 0.1) is 5.56 Å². The van der Waals surface area contributed by atoms with Gasteiger partial charge in [0.25, 0.3) is 5.91 Å². The summed E-state index contributed by atoms with van der Waals surface area (Å²) in [4.78, 5) is 14.9. The number of halogens is 4. The largest absolute Gasteiger partial charge is 0.416 e. The summed E-state index contributed by atoms with van der Waals surface area (Å²) in [5, 5.41) is -0.114. The van der Waals surface area contributed by atoms with E-state index in [1.807, 2.05) is 54.6 Å². The summed E-state index contributed by atoms with van der Waals surface area (Å²) >= 11 is 5.94. The third-order valence-corrected chi connectivity index (χ3v) is 5.91. The van der Waals surface area contributed by atoms with E-state index in [9.17, 15) is 18.0 Å². The molecule has 0 heterocycles. The predicted molar refractivity (Wildman–Crippen MR) is 131 cm³/mol. The highest BCUT2D eigenvalue weighted by molar-refractivity contribution is 6.31. The number of amides is 1. The van der Waals surface area contributed by atoms with Crippen LogP contribution in [0.5, 0.6) is 0 Å². The molecule has 0 spiro atoms. The first-order chi connectivity index (χ1) is 15.9. The summed E-state index contributed by atoms with van der Waals surface area (Å²) < 4.78 is 39.9. The molecule has 0 saturated heterocycles. The number of hydrogen-bond acceptors (Lipinski definition) is 1. The number of aryl methyl sites for hydroxylation is 1. The van der Waals surface area contributed by atoms with Crippen LogP contribution < -0.4 is 0 Å². The summed E-state index contributed by atoms with van der Waals surface area (Å²) in [6, 6.07) is 20.9. The lowest BCUT2D eigenvalue weighted by Crippen LogP contribution is -2.32. The van der Waals surface area contributed by atoms with E-state index in [-0.39, 0.29) is 16.0 Å².